The van der Waals surface area contributed by atoms with Gasteiger partial charge in [-0.15, -0.1) is 11.3 Å². The molecule has 0 spiro atoms. The highest BCUT2D eigenvalue weighted by Crippen LogP contribution is 2.30. The van der Waals surface area contributed by atoms with Crippen molar-refractivity contribution in [1.82, 2.24) is 20.8 Å². The zero-order chi connectivity index (χ0) is 20.9. The van der Waals surface area contributed by atoms with Gasteiger partial charge in [-0.25, -0.2) is 0 Å². The zero-order valence-corrected chi connectivity index (χ0v) is 17.3. The number of nitrogens with zero attached hydrogens (tertiary/aromatic N) is 1. The molecule has 3 aromatic rings. The summed E-state index contributed by atoms with van der Waals surface area (Å²) in [5.41, 5.74) is 0.412. The molecule has 1 atom stereocenters. The van der Waals surface area contributed by atoms with Crippen molar-refractivity contribution in [3.63, 3.8) is 0 Å². The number of amides is 2. The van der Waals surface area contributed by atoms with Crippen LogP contribution in [0.2, 0.25) is 0 Å². The first kappa shape index (κ1) is 20.3. The van der Waals surface area contributed by atoms with Gasteiger partial charge in [-0.05, 0) is 24.6 Å². The van der Waals surface area contributed by atoms with Crippen LogP contribution in [0.15, 0.2) is 30.3 Å². The van der Waals surface area contributed by atoms with Crippen molar-refractivity contribution >= 4 is 39.2 Å². The molecule has 0 aliphatic carbocycles. The summed E-state index contributed by atoms with van der Waals surface area (Å²) in [6, 6.07) is 8.69. The summed E-state index contributed by atoms with van der Waals surface area (Å²) in [6.07, 6.45) is 0.874. The third kappa shape index (κ3) is 4.45. The standard InChI is InChI=1S/C20H23N5O4S/c1-28-15-5-3-2-4-13(15)18(26)23-17-14-10-16(30-20(14)25-24-17)19(27)22-7-6-12-11-21-8-9-29-12/h2-5,10,12,21H,6-9,11H2,1H3,(H,22,27)(H2,23,24,25,26). The van der Waals surface area contributed by atoms with Crippen molar-refractivity contribution in [2.24, 2.45) is 0 Å². The van der Waals surface area contributed by atoms with E-state index in [-0.39, 0.29) is 17.9 Å². The molecule has 2 amide bonds. The first-order valence-corrected chi connectivity index (χ1v) is 10.5. The van der Waals surface area contributed by atoms with Gasteiger partial charge in [-0.1, -0.05) is 12.1 Å². The van der Waals surface area contributed by atoms with Gasteiger partial charge >= 0.3 is 0 Å². The van der Waals surface area contributed by atoms with Gasteiger partial charge in [0.05, 0.1) is 35.6 Å². The molecule has 0 saturated carbocycles. The minimum Gasteiger partial charge on any atom is -0.496 e. The average molecular weight is 430 g/mol. The number of nitrogens with one attached hydrogen (secondary N) is 4. The van der Waals surface area contributed by atoms with Crippen LogP contribution in [0.3, 0.4) is 0 Å². The molecular formula is C20H23N5O4S. The molecule has 1 aliphatic heterocycles. The summed E-state index contributed by atoms with van der Waals surface area (Å²) in [7, 11) is 1.52. The molecule has 10 heteroatoms. The summed E-state index contributed by atoms with van der Waals surface area (Å²) in [6.45, 7) is 2.90. The van der Waals surface area contributed by atoms with E-state index in [1.807, 2.05) is 0 Å². The Labute approximate surface area is 177 Å². The lowest BCUT2D eigenvalue weighted by molar-refractivity contribution is 0.0239. The van der Waals surface area contributed by atoms with Crippen LogP contribution >= 0.6 is 11.3 Å². The lowest BCUT2D eigenvalue weighted by atomic mass is 10.2. The molecule has 3 heterocycles. The van der Waals surface area contributed by atoms with Crippen LogP contribution in [0.5, 0.6) is 5.75 Å². The highest BCUT2D eigenvalue weighted by molar-refractivity contribution is 7.20. The number of hydrogen-bond acceptors (Lipinski definition) is 7. The molecule has 4 rings (SSSR count). The number of carbonyl (C=O) groups excluding carboxylic acids is 2. The maximum Gasteiger partial charge on any atom is 0.261 e. The van der Waals surface area contributed by atoms with Crippen LogP contribution in [-0.2, 0) is 4.74 Å². The quantitative estimate of drug-likeness (QED) is 0.456. The van der Waals surface area contributed by atoms with Crippen LogP contribution in [-0.4, -0.2) is 61.5 Å². The van der Waals surface area contributed by atoms with E-state index in [1.165, 1.54) is 18.4 Å². The number of morpholine rings is 1. The highest BCUT2D eigenvalue weighted by atomic mass is 32.1. The Kier molecular flexibility index (Phi) is 6.26. The van der Waals surface area contributed by atoms with Gasteiger partial charge in [0.1, 0.15) is 16.4 Å². The molecule has 0 bridgehead atoms. The molecule has 30 heavy (non-hydrogen) atoms. The van der Waals surface area contributed by atoms with Crippen molar-refractivity contribution in [2.75, 3.05) is 38.7 Å². The van der Waals surface area contributed by atoms with Crippen molar-refractivity contribution in [2.45, 2.75) is 12.5 Å². The Balaban J connectivity index is 1.40. The maximum absolute atomic E-state index is 12.6. The molecule has 4 N–H and O–H groups in total. The van der Waals surface area contributed by atoms with Gasteiger partial charge in [0, 0.05) is 19.6 Å². The summed E-state index contributed by atoms with van der Waals surface area (Å²) in [5.74, 6) is 0.436. The number of methoxy groups -OCH3 is 1. The number of benzene rings is 1. The molecule has 1 saturated heterocycles. The number of fused-ring (bicyclic) bond motifs is 1. The van der Waals surface area contributed by atoms with E-state index in [0.29, 0.717) is 45.4 Å². The lowest BCUT2D eigenvalue weighted by Gasteiger charge is -2.23. The number of para-hydroxylation sites is 1. The summed E-state index contributed by atoms with van der Waals surface area (Å²) in [5, 5.41) is 16.7. The molecular weight excluding hydrogens is 406 g/mol. The van der Waals surface area contributed by atoms with Gasteiger partial charge < -0.3 is 25.4 Å². The molecule has 0 radical (unpaired) electrons. The molecule has 1 fully saturated rings. The molecule has 158 valence electrons. The second kappa shape index (κ2) is 9.24. The minimum atomic E-state index is -0.323. The normalized spacial score (nSPS) is 16.4. The van der Waals surface area contributed by atoms with Crippen molar-refractivity contribution in [3.05, 3.63) is 40.8 Å². The van der Waals surface area contributed by atoms with E-state index in [2.05, 4.69) is 26.1 Å². The first-order valence-electron chi connectivity index (χ1n) is 9.68. The number of rotatable bonds is 7. The molecule has 1 aliphatic rings. The minimum absolute atomic E-state index is 0.122. The monoisotopic (exact) mass is 429 g/mol. The van der Waals surface area contributed by atoms with Crippen molar-refractivity contribution < 1.29 is 19.1 Å². The van der Waals surface area contributed by atoms with Crippen molar-refractivity contribution in [3.8, 4) is 5.75 Å². The fourth-order valence-electron chi connectivity index (χ4n) is 3.27. The fraction of sp³-hybridized carbons (Fsp3) is 0.350. The topological polar surface area (TPSA) is 117 Å². The van der Waals surface area contributed by atoms with Gasteiger partial charge in [-0.3, -0.25) is 14.7 Å². The number of hydrogen-bond donors (Lipinski definition) is 4. The second-order valence-electron chi connectivity index (χ2n) is 6.82. The van der Waals surface area contributed by atoms with Gasteiger partial charge in [0.25, 0.3) is 11.8 Å². The third-order valence-corrected chi connectivity index (χ3v) is 5.85. The lowest BCUT2D eigenvalue weighted by Crippen LogP contribution is -2.40. The first-order chi connectivity index (χ1) is 14.7. The Bertz CT molecular complexity index is 1040. The van der Waals surface area contributed by atoms with E-state index < -0.39 is 0 Å². The zero-order valence-electron chi connectivity index (χ0n) is 16.5. The van der Waals surface area contributed by atoms with E-state index in [4.69, 9.17) is 9.47 Å². The van der Waals surface area contributed by atoms with E-state index in [0.717, 1.165) is 19.5 Å². The van der Waals surface area contributed by atoms with Gasteiger partial charge in [0.2, 0.25) is 0 Å². The van der Waals surface area contributed by atoms with Crippen LogP contribution in [0, 0.1) is 0 Å². The smallest absolute Gasteiger partial charge is 0.261 e. The number of H-pyrrole nitrogens is 1. The number of aromatic nitrogens is 2. The van der Waals surface area contributed by atoms with Crippen molar-refractivity contribution in [1.29, 1.82) is 0 Å². The Hall–Kier alpha value is -2.95. The van der Waals surface area contributed by atoms with Crippen LogP contribution in [0.4, 0.5) is 5.82 Å². The summed E-state index contributed by atoms with van der Waals surface area (Å²) in [4.78, 5) is 26.3. The number of carbonyl (C=O) groups is 2. The van der Waals surface area contributed by atoms with Crippen LogP contribution in [0.25, 0.3) is 10.2 Å². The number of thiophene rings is 1. The SMILES string of the molecule is COc1ccccc1C(=O)Nc1[nH]nc2sc(C(=O)NCCC3CNCCO3)cc12. The summed E-state index contributed by atoms with van der Waals surface area (Å²) < 4.78 is 10.9. The molecule has 2 aromatic heterocycles. The van der Waals surface area contributed by atoms with Crippen LogP contribution < -0.4 is 20.7 Å². The molecule has 9 nitrogen and oxygen atoms in total. The Morgan fingerprint density at radius 2 is 2.20 bits per heavy atom. The average Bonchev–Trinajstić information content (AvgIpc) is 3.36. The molecule has 1 unspecified atom stereocenters. The predicted octanol–water partition coefficient (Wildman–Crippen LogP) is 1.99. The predicted molar refractivity (Wildman–Crippen MR) is 114 cm³/mol. The Morgan fingerprint density at radius 1 is 1.33 bits per heavy atom. The van der Waals surface area contributed by atoms with E-state index in [9.17, 15) is 9.59 Å². The number of ether oxygens (including phenoxy) is 2. The van der Waals surface area contributed by atoms with Gasteiger partial charge in [0.15, 0.2) is 0 Å². The highest BCUT2D eigenvalue weighted by Gasteiger charge is 2.19. The van der Waals surface area contributed by atoms with Crippen LogP contribution in [0.1, 0.15) is 26.5 Å². The number of aromatic amines is 1. The Morgan fingerprint density at radius 3 is 3.00 bits per heavy atom. The third-order valence-electron chi connectivity index (χ3n) is 4.82. The second-order valence-corrected chi connectivity index (χ2v) is 7.85. The van der Waals surface area contributed by atoms with E-state index >= 15 is 0 Å². The van der Waals surface area contributed by atoms with Gasteiger partial charge in [-0.2, -0.15) is 5.10 Å². The summed E-state index contributed by atoms with van der Waals surface area (Å²) >= 11 is 1.27. The largest absolute Gasteiger partial charge is 0.496 e. The fourth-order valence-corrected chi connectivity index (χ4v) is 4.18. The number of anilines is 1. The molecule has 1 aromatic carbocycles. The van der Waals surface area contributed by atoms with E-state index in [1.54, 1.807) is 30.3 Å². The maximum atomic E-state index is 12.6.